The van der Waals surface area contributed by atoms with Crippen LogP contribution < -0.4 is 0 Å². The molecule has 0 aliphatic carbocycles. The van der Waals surface area contributed by atoms with E-state index in [2.05, 4.69) is 4.98 Å². The maximum Gasteiger partial charge on any atom is 0.254 e. The number of ether oxygens (including phenoxy) is 1. The molecule has 1 fully saturated rings. The summed E-state index contributed by atoms with van der Waals surface area (Å²) in [6, 6.07) is 7.48. The Morgan fingerprint density at radius 2 is 2.15 bits per heavy atom. The van der Waals surface area contributed by atoms with E-state index in [1.807, 2.05) is 34.8 Å². The smallest absolute Gasteiger partial charge is 0.254 e. The van der Waals surface area contributed by atoms with Crippen molar-refractivity contribution in [2.45, 2.75) is 6.04 Å². The van der Waals surface area contributed by atoms with Crippen LogP contribution >= 0.6 is 0 Å². The lowest BCUT2D eigenvalue weighted by atomic mass is 10.1. The number of carbonyl (C=O) groups is 1. The second-order valence-corrected chi connectivity index (χ2v) is 4.87. The van der Waals surface area contributed by atoms with Crippen LogP contribution in [-0.4, -0.2) is 40.1 Å². The molecule has 1 amide bonds. The molecule has 0 saturated carbocycles. The van der Waals surface area contributed by atoms with Crippen LogP contribution in [0.5, 0.6) is 0 Å². The van der Waals surface area contributed by atoms with E-state index in [9.17, 15) is 4.79 Å². The van der Waals surface area contributed by atoms with Crippen molar-refractivity contribution in [2.75, 3.05) is 19.8 Å². The number of morpholine rings is 1. The minimum atomic E-state index is -0.0376. The molecule has 0 bridgehead atoms. The van der Waals surface area contributed by atoms with Crippen molar-refractivity contribution in [1.29, 1.82) is 0 Å². The number of amides is 1. The van der Waals surface area contributed by atoms with Crippen LogP contribution in [0.1, 0.15) is 22.1 Å². The maximum absolute atomic E-state index is 12.6. The van der Waals surface area contributed by atoms with Gasteiger partial charge in [0.2, 0.25) is 0 Å². The predicted molar refractivity (Wildman–Crippen MR) is 74.2 cm³/mol. The fourth-order valence-electron chi connectivity index (χ4n) is 2.57. The zero-order chi connectivity index (χ0) is 13.9. The summed E-state index contributed by atoms with van der Waals surface area (Å²) in [6.07, 6.45) is 5.27. The van der Waals surface area contributed by atoms with Gasteiger partial charge in [-0.3, -0.25) is 9.78 Å². The number of aryl methyl sites for hydroxylation is 1. The van der Waals surface area contributed by atoms with Gasteiger partial charge in [0.25, 0.3) is 5.91 Å². The molecule has 2 aromatic heterocycles. The highest BCUT2D eigenvalue weighted by Crippen LogP contribution is 2.25. The van der Waals surface area contributed by atoms with E-state index >= 15 is 0 Å². The molecule has 3 heterocycles. The van der Waals surface area contributed by atoms with Crippen molar-refractivity contribution >= 4 is 5.91 Å². The van der Waals surface area contributed by atoms with Crippen molar-refractivity contribution in [3.8, 4) is 0 Å². The summed E-state index contributed by atoms with van der Waals surface area (Å²) in [5, 5.41) is 0. The van der Waals surface area contributed by atoms with E-state index in [0.717, 1.165) is 5.69 Å². The van der Waals surface area contributed by atoms with Gasteiger partial charge in [0, 0.05) is 43.4 Å². The highest BCUT2D eigenvalue weighted by molar-refractivity contribution is 5.94. The van der Waals surface area contributed by atoms with Gasteiger partial charge in [-0.2, -0.15) is 0 Å². The average molecular weight is 271 g/mol. The molecule has 104 valence electrons. The van der Waals surface area contributed by atoms with Crippen LogP contribution in [0.15, 0.2) is 42.9 Å². The first-order valence-electron chi connectivity index (χ1n) is 6.67. The molecule has 2 aromatic rings. The Morgan fingerprint density at radius 3 is 2.85 bits per heavy atom. The molecule has 5 nitrogen and oxygen atoms in total. The van der Waals surface area contributed by atoms with Crippen LogP contribution in [0.4, 0.5) is 0 Å². The van der Waals surface area contributed by atoms with Crippen LogP contribution in [0.25, 0.3) is 0 Å². The summed E-state index contributed by atoms with van der Waals surface area (Å²) in [4.78, 5) is 18.5. The normalized spacial score (nSPS) is 19.1. The summed E-state index contributed by atoms with van der Waals surface area (Å²) < 4.78 is 7.59. The first-order chi connectivity index (χ1) is 9.77. The monoisotopic (exact) mass is 271 g/mol. The number of carbonyl (C=O) groups excluding carboxylic acids is 1. The van der Waals surface area contributed by atoms with E-state index < -0.39 is 0 Å². The topological polar surface area (TPSA) is 47.4 Å². The van der Waals surface area contributed by atoms with Gasteiger partial charge in [0.05, 0.1) is 19.3 Å². The Bertz CT molecular complexity index is 594. The SMILES string of the molecule is Cn1cccc1C1COCCN1C(=O)c1ccncc1. The fourth-order valence-corrected chi connectivity index (χ4v) is 2.57. The molecule has 0 N–H and O–H groups in total. The van der Waals surface area contributed by atoms with Gasteiger partial charge in [-0.1, -0.05) is 0 Å². The molecule has 0 spiro atoms. The maximum atomic E-state index is 12.6. The molecule has 0 radical (unpaired) electrons. The van der Waals surface area contributed by atoms with E-state index in [-0.39, 0.29) is 11.9 Å². The molecular weight excluding hydrogens is 254 g/mol. The van der Waals surface area contributed by atoms with Gasteiger partial charge in [0.15, 0.2) is 0 Å². The van der Waals surface area contributed by atoms with E-state index in [4.69, 9.17) is 4.74 Å². The number of rotatable bonds is 2. The minimum Gasteiger partial charge on any atom is -0.377 e. The first kappa shape index (κ1) is 12.9. The number of hydrogen-bond donors (Lipinski definition) is 0. The van der Waals surface area contributed by atoms with Crippen molar-refractivity contribution < 1.29 is 9.53 Å². The molecule has 5 heteroatoms. The molecule has 3 rings (SSSR count). The van der Waals surface area contributed by atoms with Gasteiger partial charge >= 0.3 is 0 Å². The Kier molecular flexibility index (Phi) is 3.52. The summed E-state index contributed by atoms with van der Waals surface area (Å²) >= 11 is 0. The van der Waals surface area contributed by atoms with Crippen molar-refractivity contribution in [3.05, 3.63) is 54.1 Å². The van der Waals surface area contributed by atoms with Gasteiger partial charge in [0.1, 0.15) is 0 Å². The minimum absolute atomic E-state index is 0.0295. The van der Waals surface area contributed by atoms with Crippen LogP contribution in [0.3, 0.4) is 0 Å². The molecule has 1 saturated heterocycles. The second-order valence-electron chi connectivity index (χ2n) is 4.87. The quantitative estimate of drug-likeness (QED) is 0.834. The number of nitrogens with zero attached hydrogens (tertiary/aromatic N) is 3. The summed E-state index contributed by atoms with van der Waals surface area (Å²) in [7, 11) is 1.99. The standard InChI is InChI=1S/C15H17N3O2/c1-17-8-2-3-13(17)14-11-20-10-9-18(14)15(19)12-4-6-16-7-5-12/h2-8,14H,9-11H2,1H3. The van der Waals surface area contributed by atoms with Gasteiger partial charge in [-0.15, -0.1) is 0 Å². The lowest BCUT2D eigenvalue weighted by Gasteiger charge is -2.36. The molecule has 1 atom stereocenters. The molecule has 20 heavy (non-hydrogen) atoms. The fraction of sp³-hybridized carbons (Fsp3) is 0.333. The van der Waals surface area contributed by atoms with Crippen LogP contribution in [0, 0.1) is 0 Å². The molecule has 0 aromatic carbocycles. The first-order valence-corrected chi connectivity index (χ1v) is 6.67. The Morgan fingerprint density at radius 1 is 1.35 bits per heavy atom. The van der Waals surface area contributed by atoms with Crippen molar-refractivity contribution in [3.63, 3.8) is 0 Å². The van der Waals surface area contributed by atoms with E-state index in [1.165, 1.54) is 0 Å². The molecular formula is C15H17N3O2. The zero-order valence-electron chi connectivity index (χ0n) is 11.4. The zero-order valence-corrected chi connectivity index (χ0v) is 11.4. The Hall–Kier alpha value is -2.14. The summed E-state index contributed by atoms with van der Waals surface area (Å²) in [6.45, 7) is 1.73. The van der Waals surface area contributed by atoms with Crippen LogP contribution in [0.2, 0.25) is 0 Å². The van der Waals surface area contributed by atoms with E-state index in [0.29, 0.717) is 25.3 Å². The number of pyridine rings is 1. The predicted octanol–water partition coefficient (Wildman–Crippen LogP) is 1.63. The number of hydrogen-bond acceptors (Lipinski definition) is 3. The third kappa shape index (κ3) is 2.32. The third-order valence-corrected chi connectivity index (χ3v) is 3.64. The van der Waals surface area contributed by atoms with Crippen LogP contribution in [-0.2, 0) is 11.8 Å². The van der Waals surface area contributed by atoms with Crippen molar-refractivity contribution in [2.24, 2.45) is 7.05 Å². The van der Waals surface area contributed by atoms with Crippen molar-refractivity contribution in [1.82, 2.24) is 14.5 Å². The second kappa shape index (κ2) is 5.46. The highest BCUT2D eigenvalue weighted by atomic mass is 16.5. The highest BCUT2D eigenvalue weighted by Gasteiger charge is 2.30. The summed E-state index contributed by atoms with van der Waals surface area (Å²) in [5.41, 5.74) is 1.76. The summed E-state index contributed by atoms with van der Waals surface area (Å²) in [5.74, 6) is 0.0295. The third-order valence-electron chi connectivity index (χ3n) is 3.64. The van der Waals surface area contributed by atoms with Gasteiger partial charge < -0.3 is 14.2 Å². The molecule has 1 aliphatic heterocycles. The Balaban J connectivity index is 1.90. The van der Waals surface area contributed by atoms with Gasteiger partial charge in [-0.25, -0.2) is 0 Å². The lowest BCUT2D eigenvalue weighted by Crippen LogP contribution is -2.44. The average Bonchev–Trinajstić information content (AvgIpc) is 2.93. The molecule has 1 unspecified atom stereocenters. The molecule has 1 aliphatic rings. The number of aromatic nitrogens is 2. The largest absolute Gasteiger partial charge is 0.377 e. The lowest BCUT2D eigenvalue weighted by molar-refractivity contribution is -0.00463. The Labute approximate surface area is 117 Å². The van der Waals surface area contributed by atoms with E-state index in [1.54, 1.807) is 24.5 Å². The van der Waals surface area contributed by atoms with Gasteiger partial charge in [-0.05, 0) is 24.3 Å².